The van der Waals surface area contributed by atoms with Crippen LogP contribution in [0.4, 0.5) is 0 Å². The lowest BCUT2D eigenvalue weighted by Crippen LogP contribution is -1.95. The van der Waals surface area contributed by atoms with Crippen LogP contribution in [0.2, 0.25) is 0 Å². The highest BCUT2D eigenvalue weighted by atomic mass is 15.1. The van der Waals surface area contributed by atoms with Crippen LogP contribution >= 0.6 is 0 Å². The third kappa shape index (κ3) is 1.85. The number of imidazole rings is 1. The monoisotopic (exact) mass is 231 g/mol. The van der Waals surface area contributed by atoms with Crippen molar-refractivity contribution in [1.29, 1.82) is 0 Å². The van der Waals surface area contributed by atoms with Gasteiger partial charge in [0, 0.05) is 23.6 Å². The zero-order valence-electron chi connectivity index (χ0n) is 19.5. The Balaban J connectivity index is 2.47. The van der Waals surface area contributed by atoms with E-state index in [4.69, 9.17) is 15.1 Å². The Morgan fingerprint density at radius 3 is 2.59 bits per heavy atom. The number of hydrogen-bond acceptors (Lipinski definition) is 1. The lowest BCUT2D eigenvalue weighted by Gasteiger charge is -2.07. The van der Waals surface area contributed by atoms with Gasteiger partial charge in [0.15, 0.2) is 0 Å². The van der Waals surface area contributed by atoms with E-state index in [0.717, 1.165) is 10.6 Å². The smallest absolute Gasteiger partial charge is 0.144 e. The van der Waals surface area contributed by atoms with Gasteiger partial charge in [-0.25, -0.2) is 4.98 Å². The van der Waals surface area contributed by atoms with Crippen molar-refractivity contribution in [3.63, 3.8) is 0 Å². The van der Waals surface area contributed by atoms with Crippen LogP contribution in [0.1, 0.15) is 15.1 Å². The largest absolute Gasteiger partial charge is 0.300 e. The first kappa shape index (κ1) is 3.57. The molecule has 0 radical (unpaired) electrons. The maximum atomic E-state index is 8.10. The number of aromatic nitrogens is 2. The lowest BCUT2D eigenvalue weighted by atomic mass is 10.2. The van der Waals surface area contributed by atoms with Crippen LogP contribution in [0.25, 0.3) is 17.1 Å². The molecule has 0 saturated heterocycles. The Bertz CT molecular complexity index is 1110. The van der Waals surface area contributed by atoms with E-state index in [0.29, 0.717) is 0 Å². The van der Waals surface area contributed by atoms with Gasteiger partial charge in [-0.2, -0.15) is 0 Å². The topological polar surface area (TPSA) is 17.8 Å². The van der Waals surface area contributed by atoms with E-state index >= 15 is 0 Å². The molecule has 0 fully saturated rings. The molecule has 0 aliphatic carbocycles. The van der Waals surface area contributed by atoms with Gasteiger partial charge in [-0.05, 0) is 12.1 Å². The summed E-state index contributed by atoms with van der Waals surface area (Å²) in [5.41, 5.74) is -0.589. The van der Waals surface area contributed by atoms with E-state index < -0.39 is 66.4 Å². The van der Waals surface area contributed by atoms with Gasteiger partial charge in [0.2, 0.25) is 0 Å². The highest BCUT2D eigenvalue weighted by Gasteiger charge is 2.05. The van der Waals surface area contributed by atoms with E-state index in [1.54, 1.807) is 0 Å². The number of rotatable bonds is 2. The van der Waals surface area contributed by atoms with Crippen LogP contribution in [-0.2, 0) is 0 Å². The highest BCUT2D eigenvalue weighted by Crippen LogP contribution is 2.20. The summed E-state index contributed by atoms with van der Waals surface area (Å²) in [7, 11) is 0. The molecule has 3 aromatic rings. The van der Waals surface area contributed by atoms with E-state index in [2.05, 4.69) is 4.98 Å². The van der Waals surface area contributed by atoms with Gasteiger partial charge in [0.05, 0.1) is 15.1 Å². The average Bonchev–Trinajstić information content (AvgIpc) is 2.95. The minimum atomic E-state index is -0.642. The van der Waals surface area contributed by atoms with Gasteiger partial charge in [0.1, 0.15) is 5.82 Å². The van der Waals surface area contributed by atoms with Crippen molar-refractivity contribution in [3.8, 4) is 17.1 Å². The summed E-state index contributed by atoms with van der Waals surface area (Å²) in [6.45, 7) is 0. The molecule has 82 valence electrons. The zero-order chi connectivity index (χ0) is 21.1. The van der Waals surface area contributed by atoms with E-state index in [-0.39, 0.29) is 17.4 Å². The summed E-state index contributed by atoms with van der Waals surface area (Å²) in [5.74, 6) is -0.291. The van der Waals surface area contributed by atoms with Crippen molar-refractivity contribution < 1.29 is 15.1 Å². The first-order valence-corrected chi connectivity index (χ1v) is 4.70. The third-order valence-electron chi connectivity index (χ3n) is 2.04. The molecule has 0 atom stereocenters. The summed E-state index contributed by atoms with van der Waals surface area (Å²) in [6.07, 6.45) is -1.16. The van der Waals surface area contributed by atoms with Crippen LogP contribution in [0.15, 0.2) is 72.8 Å². The standard InChI is InChI=1S/C15H12N2/c1-3-7-13(8-4-1)15-16-11-12-17(15)14-9-5-2-6-10-14/h1-12H/i1D,2D,3D,4D,5D,6D,7D,9D,10D,11D,12D. The number of nitrogens with zero attached hydrogens (tertiary/aromatic N) is 2. The van der Waals surface area contributed by atoms with E-state index in [1.807, 2.05) is 0 Å². The molecule has 2 heteroatoms. The fourth-order valence-electron chi connectivity index (χ4n) is 1.33. The molecule has 0 aliphatic rings. The molecule has 3 rings (SSSR count). The predicted octanol–water partition coefficient (Wildman–Crippen LogP) is 3.54. The van der Waals surface area contributed by atoms with Crippen molar-refractivity contribution in [2.24, 2.45) is 0 Å². The summed E-state index contributed by atoms with van der Waals surface area (Å²) >= 11 is 0. The zero-order valence-corrected chi connectivity index (χ0v) is 8.47. The number of para-hydroxylation sites is 1. The molecule has 17 heavy (non-hydrogen) atoms. The Labute approximate surface area is 116 Å². The van der Waals surface area contributed by atoms with Crippen molar-refractivity contribution in [2.45, 2.75) is 0 Å². The van der Waals surface area contributed by atoms with Crippen LogP contribution in [0.3, 0.4) is 0 Å². The minimum absolute atomic E-state index is 0.162. The quantitative estimate of drug-likeness (QED) is 0.659. The first-order chi connectivity index (χ1) is 13.0. The van der Waals surface area contributed by atoms with Gasteiger partial charge < -0.3 is 0 Å². The summed E-state index contributed by atoms with van der Waals surface area (Å²) in [6, 6.07) is -4.01. The van der Waals surface area contributed by atoms with Gasteiger partial charge >= 0.3 is 0 Å². The average molecular weight is 231 g/mol. The Morgan fingerprint density at radius 2 is 1.71 bits per heavy atom. The van der Waals surface area contributed by atoms with Crippen molar-refractivity contribution in [2.75, 3.05) is 0 Å². The van der Waals surface area contributed by atoms with Crippen molar-refractivity contribution >= 4 is 0 Å². The van der Waals surface area contributed by atoms with Gasteiger partial charge in [-0.15, -0.1) is 0 Å². The molecular formula is C15H12N2. The maximum Gasteiger partial charge on any atom is 0.144 e. The van der Waals surface area contributed by atoms with E-state index in [9.17, 15) is 0 Å². The maximum absolute atomic E-state index is 8.10. The predicted molar refractivity (Wildman–Crippen MR) is 69.0 cm³/mol. The lowest BCUT2D eigenvalue weighted by molar-refractivity contribution is 1.07. The second kappa shape index (κ2) is 4.26. The molecular weight excluding hydrogens is 208 g/mol. The van der Waals surface area contributed by atoms with Crippen molar-refractivity contribution in [1.82, 2.24) is 9.55 Å². The summed E-state index contributed by atoms with van der Waals surface area (Å²) in [4.78, 5) is 3.85. The fraction of sp³-hybridized carbons (Fsp3) is 0. The third-order valence-corrected chi connectivity index (χ3v) is 2.04. The second-order valence-corrected chi connectivity index (χ2v) is 3.05. The van der Waals surface area contributed by atoms with Crippen molar-refractivity contribution in [3.05, 3.63) is 72.8 Å². The Kier molecular flexibility index (Phi) is 0.894. The van der Waals surface area contributed by atoms with Crippen LogP contribution in [-0.4, -0.2) is 9.55 Å². The minimum Gasteiger partial charge on any atom is -0.300 e. The normalized spacial score (nSPS) is 19.4. The summed E-state index contributed by atoms with van der Waals surface area (Å²) < 4.78 is 87.5. The Morgan fingerprint density at radius 1 is 0.941 bits per heavy atom. The molecule has 1 aromatic heterocycles. The second-order valence-electron chi connectivity index (χ2n) is 3.05. The van der Waals surface area contributed by atoms with Crippen LogP contribution < -0.4 is 0 Å². The molecule has 1 heterocycles. The van der Waals surface area contributed by atoms with Gasteiger partial charge in [-0.1, -0.05) is 48.4 Å². The molecule has 0 saturated carbocycles. The van der Waals surface area contributed by atoms with Crippen LogP contribution in [0.5, 0.6) is 0 Å². The Hall–Kier alpha value is -2.35. The molecule has 0 bridgehead atoms. The number of benzene rings is 2. The molecule has 0 spiro atoms. The SMILES string of the molecule is [2H]c1cc(-c2nc([2H])c([2H])n2-c2c([2H])c([2H])c([2H])c([2H])c2[2H])c([2H])c([2H])c1[2H]. The molecule has 2 nitrogen and oxygen atoms in total. The first-order valence-electron chi connectivity index (χ1n) is 10.2. The van der Waals surface area contributed by atoms with E-state index in [1.165, 1.54) is 0 Å². The molecule has 0 amide bonds. The number of hydrogen-bond donors (Lipinski definition) is 0. The van der Waals surface area contributed by atoms with Gasteiger partial charge in [-0.3, -0.25) is 4.57 Å². The molecule has 2 aromatic carbocycles. The molecule has 0 aliphatic heterocycles. The van der Waals surface area contributed by atoms with Gasteiger partial charge in [0.25, 0.3) is 0 Å². The molecule has 0 unspecified atom stereocenters. The molecule has 0 N–H and O–H groups in total. The highest BCUT2D eigenvalue weighted by molar-refractivity contribution is 5.58. The van der Waals surface area contributed by atoms with Crippen LogP contribution in [0, 0.1) is 0 Å². The fourth-order valence-corrected chi connectivity index (χ4v) is 1.33. The summed E-state index contributed by atoms with van der Waals surface area (Å²) in [5, 5.41) is 0.